The van der Waals surface area contributed by atoms with Crippen molar-refractivity contribution >= 4 is 29.0 Å². The second-order valence-electron chi connectivity index (χ2n) is 6.42. The summed E-state index contributed by atoms with van der Waals surface area (Å²) in [7, 11) is 1.37. The number of non-ortho nitro benzene ring substituents is 1. The second-order valence-corrected chi connectivity index (χ2v) is 7.47. The monoisotopic (exact) mass is 443 g/mol. The average molecular weight is 443 g/mol. The molecule has 1 amide bonds. The Balaban J connectivity index is 1.76. The Hall–Kier alpha value is -3.66. The van der Waals surface area contributed by atoms with Crippen LogP contribution in [0.4, 0.5) is 15.8 Å². The number of amides is 1. The van der Waals surface area contributed by atoms with E-state index >= 15 is 0 Å². The van der Waals surface area contributed by atoms with Crippen molar-refractivity contribution in [1.82, 2.24) is 4.57 Å². The van der Waals surface area contributed by atoms with Crippen LogP contribution in [0.25, 0.3) is 0 Å². The van der Waals surface area contributed by atoms with Crippen LogP contribution < -0.4 is 15.5 Å². The number of pyridine rings is 1. The third-order valence-electron chi connectivity index (χ3n) is 4.28. The highest BCUT2D eigenvalue weighted by Crippen LogP contribution is 2.23. The molecule has 2 aromatic carbocycles. The van der Waals surface area contributed by atoms with Crippen LogP contribution in [0, 0.1) is 15.9 Å². The molecule has 0 saturated heterocycles. The fraction of sp³-hybridized carbons (Fsp3) is 0.143. The number of thioether (sulfide) groups is 1. The molecule has 1 heterocycles. The summed E-state index contributed by atoms with van der Waals surface area (Å²) >= 11 is 1.39. The number of halogens is 1. The van der Waals surface area contributed by atoms with E-state index in [0.717, 1.165) is 4.90 Å². The smallest absolute Gasteiger partial charge is 0.269 e. The van der Waals surface area contributed by atoms with Crippen molar-refractivity contribution < 1.29 is 18.8 Å². The number of ether oxygens (including phenoxy) is 1. The molecule has 1 N–H and O–H groups in total. The number of aromatic nitrogens is 1. The van der Waals surface area contributed by atoms with Gasteiger partial charge in [0.05, 0.1) is 18.2 Å². The topological polar surface area (TPSA) is 103 Å². The van der Waals surface area contributed by atoms with Gasteiger partial charge < -0.3 is 14.6 Å². The van der Waals surface area contributed by atoms with E-state index in [0.29, 0.717) is 17.1 Å². The van der Waals surface area contributed by atoms with Crippen molar-refractivity contribution in [2.45, 2.75) is 17.2 Å². The number of anilines is 1. The first kappa shape index (κ1) is 22.0. The Morgan fingerprint density at radius 1 is 1.19 bits per heavy atom. The minimum atomic E-state index is -0.525. The van der Waals surface area contributed by atoms with Gasteiger partial charge in [0, 0.05) is 40.2 Å². The number of nitrogens with zero attached hydrogens (tertiary/aromatic N) is 2. The van der Waals surface area contributed by atoms with Crippen LogP contribution in [0.2, 0.25) is 0 Å². The molecule has 10 heteroatoms. The summed E-state index contributed by atoms with van der Waals surface area (Å²) in [5.41, 5.74) is 0.595. The molecule has 0 bridgehead atoms. The first-order chi connectivity index (χ1) is 14.9. The lowest BCUT2D eigenvalue weighted by molar-refractivity contribution is -0.384. The van der Waals surface area contributed by atoms with E-state index in [-0.39, 0.29) is 35.1 Å². The maximum atomic E-state index is 13.1. The van der Waals surface area contributed by atoms with E-state index in [2.05, 4.69) is 5.32 Å². The van der Waals surface area contributed by atoms with Crippen molar-refractivity contribution in [1.29, 1.82) is 0 Å². The molecule has 160 valence electrons. The van der Waals surface area contributed by atoms with E-state index in [1.165, 1.54) is 67.5 Å². The predicted molar refractivity (Wildman–Crippen MR) is 115 cm³/mol. The standard InChI is InChI=1S/C21H18FN3O5S/c1-30-20-11-24(12-21(27)23-15-4-6-16(7-5-15)25(28)29)17(10-19(20)26)13-31-18-8-2-14(22)3-9-18/h2-11H,12-13H2,1H3,(H,23,27). The van der Waals surface area contributed by atoms with Crippen LogP contribution in [-0.2, 0) is 17.1 Å². The number of hydrogen-bond acceptors (Lipinski definition) is 6. The lowest BCUT2D eigenvalue weighted by Gasteiger charge is -2.15. The molecule has 3 rings (SSSR count). The van der Waals surface area contributed by atoms with Crippen LogP contribution in [0.5, 0.6) is 5.75 Å². The quantitative estimate of drug-likeness (QED) is 0.322. The van der Waals surface area contributed by atoms with Gasteiger partial charge in [-0.15, -0.1) is 11.8 Å². The molecule has 3 aromatic rings. The van der Waals surface area contributed by atoms with Gasteiger partial charge in [-0.3, -0.25) is 19.7 Å². The van der Waals surface area contributed by atoms with E-state index < -0.39 is 4.92 Å². The van der Waals surface area contributed by atoms with Gasteiger partial charge >= 0.3 is 0 Å². The molecule has 1 aromatic heterocycles. The van der Waals surface area contributed by atoms with Crippen molar-refractivity contribution in [2.75, 3.05) is 12.4 Å². The summed E-state index contributed by atoms with van der Waals surface area (Å²) in [5.74, 6) is -0.254. The fourth-order valence-electron chi connectivity index (χ4n) is 2.73. The molecular weight excluding hydrogens is 425 g/mol. The third kappa shape index (κ3) is 5.92. The molecular formula is C21H18FN3O5S. The van der Waals surface area contributed by atoms with Crippen molar-refractivity contribution in [3.8, 4) is 5.75 Å². The van der Waals surface area contributed by atoms with Crippen LogP contribution in [-0.4, -0.2) is 22.5 Å². The normalized spacial score (nSPS) is 10.5. The summed E-state index contributed by atoms with van der Waals surface area (Å²) in [6, 6.07) is 12.8. The minimum Gasteiger partial charge on any atom is -0.491 e. The molecule has 0 aliphatic rings. The fourth-order valence-corrected chi connectivity index (χ4v) is 3.62. The number of carbonyl (C=O) groups is 1. The Kier molecular flexibility index (Phi) is 7.03. The molecule has 0 spiro atoms. The SMILES string of the molecule is COc1cn(CC(=O)Nc2ccc([N+](=O)[O-])cc2)c(CSc2ccc(F)cc2)cc1=O. The number of rotatable bonds is 8. The number of nitro groups is 1. The average Bonchev–Trinajstić information content (AvgIpc) is 2.75. The Morgan fingerprint density at radius 2 is 1.87 bits per heavy atom. The van der Waals surface area contributed by atoms with E-state index in [1.807, 2.05) is 0 Å². The van der Waals surface area contributed by atoms with Gasteiger partial charge in [-0.2, -0.15) is 0 Å². The number of benzene rings is 2. The third-order valence-corrected chi connectivity index (χ3v) is 5.32. The molecule has 31 heavy (non-hydrogen) atoms. The second kappa shape index (κ2) is 9.90. The maximum absolute atomic E-state index is 13.1. The summed E-state index contributed by atoms with van der Waals surface area (Å²) < 4.78 is 19.8. The van der Waals surface area contributed by atoms with Gasteiger partial charge in [0.2, 0.25) is 11.3 Å². The number of methoxy groups -OCH3 is 1. The van der Waals surface area contributed by atoms with Gasteiger partial charge in [0.1, 0.15) is 12.4 Å². The zero-order chi connectivity index (χ0) is 22.4. The van der Waals surface area contributed by atoms with Crippen molar-refractivity contribution in [2.24, 2.45) is 0 Å². The van der Waals surface area contributed by atoms with Crippen molar-refractivity contribution in [3.63, 3.8) is 0 Å². The van der Waals surface area contributed by atoms with E-state index in [4.69, 9.17) is 4.74 Å². The minimum absolute atomic E-state index is 0.0803. The van der Waals surface area contributed by atoms with Crippen LogP contribution in [0.15, 0.2) is 70.5 Å². The molecule has 8 nitrogen and oxygen atoms in total. The lowest BCUT2D eigenvalue weighted by atomic mass is 10.3. The summed E-state index contributed by atoms with van der Waals surface area (Å²) in [6.07, 6.45) is 1.46. The number of nitro benzene ring substituents is 1. The van der Waals surface area contributed by atoms with Gasteiger partial charge in [0.15, 0.2) is 5.75 Å². The molecule has 0 aliphatic heterocycles. The van der Waals surface area contributed by atoms with Gasteiger partial charge in [-0.05, 0) is 36.4 Å². The highest BCUT2D eigenvalue weighted by Gasteiger charge is 2.12. The summed E-state index contributed by atoms with van der Waals surface area (Å²) in [4.78, 5) is 35.7. The van der Waals surface area contributed by atoms with Gasteiger partial charge in [-0.1, -0.05) is 0 Å². The highest BCUT2D eigenvalue weighted by atomic mass is 32.2. The first-order valence-electron chi connectivity index (χ1n) is 9.06. The highest BCUT2D eigenvalue weighted by molar-refractivity contribution is 7.98. The first-order valence-corrected chi connectivity index (χ1v) is 10.0. The number of hydrogen-bond donors (Lipinski definition) is 1. The largest absolute Gasteiger partial charge is 0.491 e. The van der Waals surface area contributed by atoms with Crippen LogP contribution in [0.3, 0.4) is 0 Å². The Labute approximate surface area is 180 Å². The van der Waals surface area contributed by atoms with Gasteiger partial charge in [-0.25, -0.2) is 4.39 Å². The van der Waals surface area contributed by atoms with Gasteiger partial charge in [0.25, 0.3) is 5.69 Å². The molecule has 0 unspecified atom stereocenters. The Morgan fingerprint density at radius 3 is 2.48 bits per heavy atom. The lowest BCUT2D eigenvalue weighted by Crippen LogP contribution is -2.22. The summed E-state index contributed by atoms with van der Waals surface area (Å²) in [5, 5.41) is 13.4. The molecule has 0 aliphatic carbocycles. The zero-order valence-corrected chi connectivity index (χ0v) is 17.2. The van der Waals surface area contributed by atoms with Crippen molar-refractivity contribution in [3.05, 3.63) is 92.6 Å². The zero-order valence-electron chi connectivity index (χ0n) is 16.4. The van der Waals surface area contributed by atoms with E-state index in [9.17, 15) is 24.1 Å². The molecule has 0 atom stereocenters. The molecule has 0 saturated carbocycles. The number of carbonyl (C=O) groups excluding carboxylic acids is 1. The predicted octanol–water partition coefficient (Wildman–Crippen LogP) is 3.84. The van der Waals surface area contributed by atoms with Crippen LogP contribution >= 0.6 is 11.8 Å². The van der Waals surface area contributed by atoms with Crippen LogP contribution in [0.1, 0.15) is 5.69 Å². The van der Waals surface area contributed by atoms with E-state index in [1.54, 1.807) is 16.7 Å². The summed E-state index contributed by atoms with van der Waals surface area (Å²) in [6.45, 7) is -0.104. The molecule has 0 fully saturated rings. The maximum Gasteiger partial charge on any atom is 0.269 e. The number of nitrogens with one attached hydrogen (secondary N) is 1. The Bertz CT molecular complexity index is 1150. The molecule has 0 radical (unpaired) electrons.